The lowest BCUT2D eigenvalue weighted by Gasteiger charge is -2.32. The summed E-state index contributed by atoms with van der Waals surface area (Å²) in [5.41, 5.74) is -3.22. The Balaban J connectivity index is 2.55. The lowest BCUT2D eigenvalue weighted by Crippen LogP contribution is -2.49. The van der Waals surface area contributed by atoms with E-state index in [9.17, 15) is 28.1 Å². The van der Waals surface area contributed by atoms with Crippen LogP contribution in [0.3, 0.4) is 0 Å². The highest BCUT2D eigenvalue weighted by Gasteiger charge is 2.60. The standard InChI is InChI=1S/C18H16F3NO4/c1-26-15-9-7-14(8-10-15)17(12-22(24)25,18(19,20)21)11-16(23)13-5-3-2-4-6-13/h2-10H,11-12H2,1H3/t17-/m0/s1. The molecule has 0 heterocycles. The van der Waals surface area contributed by atoms with E-state index in [0.29, 0.717) is 5.75 Å². The fraction of sp³-hybridized carbons (Fsp3) is 0.278. The molecule has 0 aliphatic heterocycles. The summed E-state index contributed by atoms with van der Waals surface area (Å²) < 4.78 is 46.9. The molecule has 0 unspecified atom stereocenters. The van der Waals surface area contributed by atoms with Crippen molar-refractivity contribution in [2.45, 2.75) is 18.0 Å². The van der Waals surface area contributed by atoms with Crippen LogP contribution in [0.5, 0.6) is 5.75 Å². The van der Waals surface area contributed by atoms with Gasteiger partial charge in [-0.2, -0.15) is 13.2 Å². The minimum absolute atomic E-state index is 0.0676. The summed E-state index contributed by atoms with van der Waals surface area (Å²) in [4.78, 5) is 22.4. The predicted molar refractivity (Wildman–Crippen MR) is 88.0 cm³/mol. The maximum absolute atomic E-state index is 14.0. The summed E-state index contributed by atoms with van der Waals surface area (Å²) in [7, 11) is 1.35. The van der Waals surface area contributed by atoms with Crippen LogP contribution < -0.4 is 4.74 Å². The number of nitro groups is 1. The van der Waals surface area contributed by atoms with Crippen molar-refractivity contribution in [1.29, 1.82) is 0 Å². The Hall–Kier alpha value is -2.90. The molecule has 2 aromatic rings. The van der Waals surface area contributed by atoms with Crippen molar-refractivity contribution in [3.05, 3.63) is 75.8 Å². The number of halogens is 3. The molecule has 0 N–H and O–H groups in total. The van der Waals surface area contributed by atoms with Crippen molar-refractivity contribution in [1.82, 2.24) is 0 Å². The molecule has 0 aromatic heterocycles. The van der Waals surface area contributed by atoms with Crippen LogP contribution in [-0.2, 0) is 5.41 Å². The Morgan fingerprint density at radius 2 is 1.65 bits per heavy atom. The number of alkyl halides is 3. The number of rotatable bonds is 7. The van der Waals surface area contributed by atoms with Gasteiger partial charge in [-0.25, -0.2) is 0 Å². The van der Waals surface area contributed by atoms with Gasteiger partial charge in [0, 0.05) is 16.9 Å². The highest BCUT2D eigenvalue weighted by Crippen LogP contribution is 2.45. The molecule has 5 nitrogen and oxygen atoms in total. The highest BCUT2D eigenvalue weighted by atomic mass is 19.4. The smallest absolute Gasteiger partial charge is 0.405 e. The Kier molecular flexibility index (Phi) is 5.64. The van der Waals surface area contributed by atoms with Crippen LogP contribution in [0.2, 0.25) is 0 Å². The normalized spacial score (nSPS) is 13.7. The molecule has 0 saturated carbocycles. The third-order valence-electron chi connectivity index (χ3n) is 4.14. The second-order valence-electron chi connectivity index (χ2n) is 5.77. The lowest BCUT2D eigenvalue weighted by molar-refractivity contribution is -0.501. The van der Waals surface area contributed by atoms with Gasteiger partial charge in [0.1, 0.15) is 5.75 Å². The van der Waals surface area contributed by atoms with Gasteiger partial charge < -0.3 is 4.74 Å². The molecule has 0 aliphatic carbocycles. The van der Waals surface area contributed by atoms with E-state index in [1.54, 1.807) is 6.07 Å². The Labute approximate surface area is 147 Å². The number of ketones is 1. The van der Waals surface area contributed by atoms with E-state index in [1.807, 2.05) is 0 Å². The van der Waals surface area contributed by atoms with E-state index in [2.05, 4.69) is 0 Å². The van der Waals surface area contributed by atoms with Crippen LogP contribution >= 0.6 is 0 Å². The van der Waals surface area contributed by atoms with Crippen molar-refractivity contribution in [3.63, 3.8) is 0 Å². The topological polar surface area (TPSA) is 69.4 Å². The predicted octanol–water partition coefficient (Wildman–Crippen LogP) is 4.05. The number of methoxy groups -OCH3 is 1. The zero-order valence-corrected chi connectivity index (χ0v) is 13.8. The van der Waals surface area contributed by atoms with Gasteiger partial charge in [0.2, 0.25) is 6.54 Å². The number of nitrogens with zero attached hydrogens (tertiary/aromatic N) is 1. The van der Waals surface area contributed by atoms with Gasteiger partial charge in [0.15, 0.2) is 11.2 Å². The van der Waals surface area contributed by atoms with Gasteiger partial charge in [-0.15, -0.1) is 0 Å². The van der Waals surface area contributed by atoms with Crippen molar-refractivity contribution in [3.8, 4) is 5.75 Å². The molecule has 26 heavy (non-hydrogen) atoms. The molecule has 0 bridgehead atoms. The molecule has 0 saturated heterocycles. The second-order valence-corrected chi connectivity index (χ2v) is 5.77. The zero-order chi connectivity index (χ0) is 19.4. The van der Waals surface area contributed by atoms with Gasteiger partial charge in [0.05, 0.1) is 7.11 Å². The van der Waals surface area contributed by atoms with Crippen LogP contribution in [-0.4, -0.2) is 30.5 Å². The first-order valence-corrected chi connectivity index (χ1v) is 7.61. The molecule has 2 aromatic carbocycles. The first-order valence-electron chi connectivity index (χ1n) is 7.61. The second kappa shape index (κ2) is 7.55. The minimum Gasteiger partial charge on any atom is -0.497 e. The average Bonchev–Trinajstić information content (AvgIpc) is 2.60. The number of benzene rings is 2. The summed E-state index contributed by atoms with van der Waals surface area (Å²) in [5.74, 6) is -0.513. The molecular formula is C18H16F3NO4. The summed E-state index contributed by atoms with van der Waals surface area (Å²) in [5, 5.41) is 11.0. The van der Waals surface area contributed by atoms with Gasteiger partial charge in [-0.3, -0.25) is 14.9 Å². The summed E-state index contributed by atoms with van der Waals surface area (Å²) in [6.45, 7) is -1.44. The molecule has 0 aliphatic rings. The van der Waals surface area contributed by atoms with E-state index >= 15 is 0 Å². The van der Waals surface area contributed by atoms with Crippen LogP contribution in [0.4, 0.5) is 13.2 Å². The number of hydrogen-bond acceptors (Lipinski definition) is 4. The summed E-state index contributed by atoms with van der Waals surface area (Å²) in [6, 6.07) is 12.2. The molecule has 138 valence electrons. The molecular weight excluding hydrogens is 351 g/mol. The van der Waals surface area contributed by atoms with Crippen molar-refractivity contribution in [2.24, 2.45) is 0 Å². The first kappa shape index (κ1) is 19.4. The molecule has 0 amide bonds. The van der Waals surface area contributed by atoms with Crippen LogP contribution in [0.25, 0.3) is 0 Å². The Morgan fingerprint density at radius 1 is 1.08 bits per heavy atom. The van der Waals surface area contributed by atoms with Crippen LogP contribution in [0.1, 0.15) is 22.3 Å². The fourth-order valence-corrected chi connectivity index (χ4v) is 2.73. The van der Waals surface area contributed by atoms with E-state index in [-0.39, 0.29) is 11.1 Å². The maximum atomic E-state index is 14.0. The van der Waals surface area contributed by atoms with Crippen LogP contribution in [0.15, 0.2) is 54.6 Å². The Bertz CT molecular complexity index is 775. The minimum atomic E-state index is -5.00. The van der Waals surface area contributed by atoms with E-state index in [1.165, 1.54) is 43.5 Å². The number of hydrogen-bond donors (Lipinski definition) is 0. The maximum Gasteiger partial charge on any atom is 0.405 e. The van der Waals surface area contributed by atoms with E-state index in [4.69, 9.17) is 4.74 Å². The fourth-order valence-electron chi connectivity index (χ4n) is 2.73. The lowest BCUT2D eigenvalue weighted by atomic mass is 9.74. The third kappa shape index (κ3) is 4.01. The van der Waals surface area contributed by atoms with Crippen molar-refractivity contribution >= 4 is 5.78 Å². The van der Waals surface area contributed by atoms with Crippen molar-refractivity contribution < 1.29 is 27.6 Å². The summed E-state index contributed by atoms with van der Waals surface area (Å²) >= 11 is 0. The van der Waals surface area contributed by atoms with Gasteiger partial charge in [-0.1, -0.05) is 42.5 Å². The largest absolute Gasteiger partial charge is 0.497 e. The summed E-state index contributed by atoms with van der Waals surface area (Å²) in [6.07, 6.45) is -6.06. The van der Waals surface area contributed by atoms with Crippen LogP contribution in [0, 0.1) is 10.1 Å². The molecule has 8 heteroatoms. The Morgan fingerprint density at radius 3 is 2.12 bits per heavy atom. The molecule has 2 rings (SSSR count). The number of Topliss-reactive ketones (excluding diaryl/α,β-unsaturated/α-hetero) is 1. The van der Waals surface area contributed by atoms with E-state index in [0.717, 1.165) is 12.1 Å². The molecule has 1 atom stereocenters. The molecule has 0 spiro atoms. The monoisotopic (exact) mass is 367 g/mol. The van der Waals surface area contributed by atoms with Gasteiger partial charge in [-0.05, 0) is 17.7 Å². The highest BCUT2D eigenvalue weighted by molar-refractivity contribution is 5.97. The van der Waals surface area contributed by atoms with E-state index < -0.39 is 35.3 Å². The SMILES string of the molecule is COc1ccc([C@](CC(=O)c2ccccc2)(C[N+](=O)[O-])C(F)(F)F)cc1. The number of carbonyl (C=O) groups excluding carboxylic acids is 1. The van der Waals surface area contributed by atoms with Crippen molar-refractivity contribution in [2.75, 3.05) is 13.7 Å². The third-order valence-corrected chi connectivity index (χ3v) is 4.14. The first-order chi connectivity index (χ1) is 12.2. The van der Waals surface area contributed by atoms with Gasteiger partial charge in [0.25, 0.3) is 0 Å². The quantitative estimate of drug-likeness (QED) is 0.421. The van der Waals surface area contributed by atoms with Gasteiger partial charge >= 0.3 is 6.18 Å². The number of ether oxygens (including phenoxy) is 1. The average molecular weight is 367 g/mol. The molecule has 0 radical (unpaired) electrons. The molecule has 0 fully saturated rings. The zero-order valence-electron chi connectivity index (χ0n) is 13.8. The number of carbonyl (C=O) groups is 1.